The average molecular weight is 444 g/mol. The summed E-state index contributed by atoms with van der Waals surface area (Å²) in [4.78, 5) is 16.0. The van der Waals surface area contributed by atoms with Crippen LogP contribution in [0, 0.1) is 0 Å². The van der Waals surface area contributed by atoms with Crippen molar-refractivity contribution in [2.75, 3.05) is 0 Å². The zero-order valence-electron chi connectivity index (χ0n) is 17.0. The Kier molecular flexibility index (Phi) is 5.63. The lowest BCUT2D eigenvalue weighted by atomic mass is 9.99. The maximum absolute atomic E-state index is 14.0. The van der Waals surface area contributed by atoms with Crippen molar-refractivity contribution in [3.63, 3.8) is 0 Å². The second kappa shape index (κ2) is 8.70. The lowest BCUT2D eigenvalue weighted by molar-refractivity contribution is 0.0668. The van der Waals surface area contributed by atoms with Gasteiger partial charge in [-0.05, 0) is 75.7 Å². The molecule has 2 nitrogen and oxygen atoms in total. The summed E-state index contributed by atoms with van der Waals surface area (Å²) in [6.07, 6.45) is 1.77. The van der Waals surface area contributed by atoms with Crippen LogP contribution in [0.4, 0.5) is 0 Å². The third-order valence-corrected chi connectivity index (χ3v) is 6.92. The largest absolute Gasteiger partial charge is 0.331 e. The van der Waals surface area contributed by atoms with E-state index in [-0.39, 0.29) is 11.9 Å². The summed E-state index contributed by atoms with van der Waals surface area (Å²) >= 11 is 7.74. The number of halogens is 1. The average Bonchev–Trinajstić information content (AvgIpc) is 3.48. The Morgan fingerprint density at radius 1 is 0.903 bits per heavy atom. The molecule has 0 N–H and O–H groups in total. The smallest absolute Gasteiger partial charge is 0.255 e. The molecule has 0 atom stereocenters. The van der Waals surface area contributed by atoms with Crippen LogP contribution >= 0.6 is 22.9 Å². The van der Waals surface area contributed by atoms with Gasteiger partial charge in [0, 0.05) is 23.2 Å². The van der Waals surface area contributed by atoms with Crippen LogP contribution < -0.4 is 0 Å². The Hall–Kier alpha value is -2.88. The molecule has 1 aliphatic rings. The molecular formula is C27H22ClNOS. The van der Waals surface area contributed by atoms with Crippen LogP contribution in [0.3, 0.4) is 0 Å². The van der Waals surface area contributed by atoms with Gasteiger partial charge in [-0.25, -0.2) is 0 Å². The van der Waals surface area contributed by atoms with Crippen LogP contribution in [-0.2, 0) is 19.4 Å². The number of amides is 1. The summed E-state index contributed by atoms with van der Waals surface area (Å²) in [6.45, 7) is 0.562. The maximum Gasteiger partial charge on any atom is 0.255 e. The maximum atomic E-state index is 14.0. The first-order chi connectivity index (χ1) is 15.2. The van der Waals surface area contributed by atoms with E-state index in [0.29, 0.717) is 11.6 Å². The van der Waals surface area contributed by atoms with Gasteiger partial charge in [-0.15, -0.1) is 0 Å². The van der Waals surface area contributed by atoms with E-state index in [0.717, 1.165) is 35.1 Å². The lowest BCUT2D eigenvalue weighted by Gasteiger charge is -2.30. The first-order valence-electron chi connectivity index (χ1n) is 10.4. The van der Waals surface area contributed by atoms with E-state index in [1.807, 2.05) is 48.5 Å². The number of fused-ring (bicyclic) bond motifs is 1. The van der Waals surface area contributed by atoms with E-state index in [1.165, 1.54) is 11.1 Å². The molecule has 1 aliphatic carbocycles. The number of carbonyl (C=O) groups excluding carboxylic acids is 1. The fourth-order valence-corrected chi connectivity index (χ4v) is 5.18. The molecule has 3 aromatic carbocycles. The zero-order valence-corrected chi connectivity index (χ0v) is 18.6. The standard InChI is InChI=1S/C27H22ClNOS/c28-23-11-9-19(10-12-23)17-29(24-15-20-5-1-2-6-21(20)16-24)27(30)26-8-4-3-7-25(26)22-13-14-31-18-22/h1-14,18,24H,15-17H2. The summed E-state index contributed by atoms with van der Waals surface area (Å²) in [6, 6.07) is 26.5. The van der Waals surface area contributed by atoms with E-state index in [1.54, 1.807) is 11.3 Å². The van der Waals surface area contributed by atoms with Crippen molar-refractivity contribution in [3.8, 4) is 11.1 Å². The van der Waals surface area contributed by atoms with E-state index < -0.39 is 0 Å². The van der Waals surface area contributed by atoms with Crippen molar-refractivity contribution < 1.29 is 4.79 Å². The highest BCUT2D eigenvalue weighted by molar-refractivity contribution is 7.08. The molecule has 31 heavy (non-hydrogen) atoms. The number of nitrogens with zero attached hydrogens (tertiary/aromatic N) is 1. The second-order valence-corrected chi connectivity index (χ2v) is 9.16. The molecule has 0 spiro atoms. The molecule has 0 unspecified atom stereocenters. The van der Waals surface area contributed by atoms with Crippen LogP contribution in [0.2, 0.25) is 5.02 Å². The molecule has 0 aliphatic heterocycles. The minimum absolute atomic E-state index is 0.0783. The summed E-state index contributed by atoms with van der Waals surface area (Å²) in [5.74, 6) is 0.0783. The molecule has 1 heterocycles. The number of carbonyl (C=O) groups is 1. The number of hydrogen-bond acceptors (Lipinski definition) is 2. The fourth-order valence-electron chi connectivity index (χ4n) is 4.40. The SMILES string of the molecule is O=C(c1ccccc1-c1ccsc1)N(Cc1ccc(Cl)cc1)C1Cc2ccccc2C1. The van der Waals surface area contributed by atoms with Crippen molar-refractivity contribution in [2.45, 2.75) is 25.4 Å². The van der Waals surface area contributed by atoms with Gasteiger partial charge >= 0.3 is 0 Å². The first kappa shape index (κ1) is 20.0. The van der Waals surface area contributed by atoms with E-state index in [9.17, 15) is 4.79 Å². The lowest BCUT2D eigenvalue weighted by Crippen LogP contribution is -2.40. The zero-order chi connectivity index (χ0) is 21.2. The number of hydrogen-bond donors (Lipinski definition) is 0. The monoisotopic (exact) mass is 443 g/mol. The Morgan fingerprint density at radius 2 is 1.58 bits per heavy atom. The predicted octanol–water partition coefficient (Wildman–Crippen LogP) is 6.88. The molecule has 0 fully saturated rings. The quantitative estimate of drug-likeness (QED) is 0.329. The third kappa shape index (κ3) is 4.16. The molecule has 1 amide bonds. The topological polar surface area (TPSA) is 20.3 Å². The summed E-state index contributed by atoms with van der Waals surface area (Å²) in [5, 5.41) is 4.86. The molecule has 0 saturated heterocycles. The van der Waals surface area contributed by atoms with Crippen molar-refractivity contribution in [2.24, 2.45) is 0 Å². The Labute approximate surface area is 191 Å². The van der Waals surface area contributed by atoms with Gasteiger partial charge < -0.3 is 4.90 Å². The Balaban J connectivity index is 1.52. The van der Waals surface area contributed by atoms with Crippen molar-refractivity contribution in [1.29, 1.82) is 0 Å². The highest BCUT2D eigenvalue weighted by Gasteiger charge is 2.31. The van der Waals surface area contributed by atoms with Crippen LogP contribution in [0.25, 0.3) is 11.1 Å². The van der Waals surface area contributed by atoms with Gasteiger partial charge in [-0.2, -0.15) is 11.3 Å². The highest BCUT2D eigenvalue weighted by atomic mass is 35.5. The molecule has 5 rings (SSSR count). The summed E-state index contributed by atoms with van der Waals surface area (Å²) < 4.78 is 0. The Morgan fingerprint density at radius 3 is 2.26 bits per heavy atom. The van der Waals surface area contributed by atoms with Gasteiger partial charge in [0.05, 0.1) is 0 Å². The number of benzene rings is 3. The molecule has 0 radical (unpaired) electrons. The van der Waals surface area contributed by atoms with Crippen molar-refractivity contribution >= 4 is 28.8 Å². The fraction of sp³-hybridized carbons (Fsp3) is 0.148. The van der Waals surface area contributed by atoms with Gasteiger partial charge in [-0.1, -0.05) is 66.2 Å². The van der Waals surface area contributed by atoms with Gasteiger partial charge in [0.15, 0.2) is 0 Å². The van der Waals surface area contributed by atoms with E-state index in [4.69, 9.17) is 11.6 Å². The summed E-state index contributed by atoms with van der Waals surface area (Å²) in [7, 11) is 0. The first-order valence-corrected chi connectivity index (χ1v) is 11.7. The van der Waals surface area contributed by atoms with Crippen molar-refractivity contribution in [1.82, 2.24) is 4.90 Å². The van der Waals surface area contributed by atoms with Gasteiger partial charge in [0.1, 0.15) is 0 Å². The highest BCUT2D eigenvalue weighted by Crippen LogP contribution is 2.31. The normalized spacial score (nSPS) is 13.2. The number of rotatable bonds is 5. The van der Waals surface area contributed by atoms with E-state index >= 15 is 0 Å². The third-order valence-electron chi connectivity index (χ3n) is 5.99. The van der Waals surface area contributed by atoms with Crippen LogP contribution in [-0.4, -0.2) is 16.8 Å². The van der Waals surface area contributed by atoms with Gasteiger partial charge in [0.25, 0.3) is 5.91 Å². The molecule has 0 saturated carbocycles. The molecule has 154 valence electrons. The van der Waals surface area contributed by atoms with Crippen molar-refractivity contribution in [3.05, 3.63) is 117 Å². The predicted molar refractivity (Wildman–Crippen MR) is 129 cm³/mol. The molecule has 4 heteroatoms. The molecule has 0 bridgehead atoms. The minimum Gasteiger partial charge on any atom is -0.331 e. The van der Waals surface area contributed by atoms with Crippen LogP contribution in [0.15, 0.2) is 89.6 Å². The van der Waals surface area contributed by atoms with Gasteiger partial charge in [0.2, 0.25) is 0 Å². The van der Waals surface area contributed by atoms with Crippen LogP contribution in [0.5, 0.6) is 0 Å². The Bertz CT molecular complexity index is 1180. The summed E-state index contributed by atoms with van der Waals surface area (Å²) in [5.41, 5.74) is 6.60. The molecule has 4 aromatic rings. The minimum atomic E-state index is 0.0783. The molecular weight excluding hydrogens is 422 g/mol. The molecule has 1 aromatic heterocycles. The van der Waals surface area contributed by atoms with Crippen LogP contribution in [0.1, 0.15) is 27.0 Å². The second-order valence-electron chi connectivity index (χ2n) is 7.95. The van der Waals surface area contributed by atoms with E-state index in [2.05, 4.69) is 46.0 Å². The van der Waals surface area contributed by atoms with Gasteiger partial charge in [-0.3, -0.25) is 4.79 Å². The number of thiophene rings is 1.